The summed E-state index contributed by atoms with van der Waals surface area (Å²) >= 11 is 1.56. The summed E-state index contributed by atoms with van der Waals surface area (Å²) in [5.74, 6) is 1.00. The molecule has 1 atom stereocenters. The van der Waals surface area contributed by atoms with Crippen LogP contribution in [0.4, 0.5) is 10.9 Å². The summed E-state index contributed by atoms with van der Waals surface area (Å²) in [7, 11) is 0. The molecule has 0 unspecified atom stereocenters. The van der Waals surface area contributed by atoms with Crippen molar-refractivity contribution in [3.63, 3.8) is 0 Å². The molecule has 0 radical (unpaired) electrons. The maximum atomic E-state index is 12.8. The standard InChI is InChI=1S/C27H30N4O2S/c1-15(2)20-9-11-21(12-10-20)24(30-27-28-16(3)14-17(4)29-27)23-18(5)19(6)34-26(23)31-25(32)22-8-7-13-33-22/h7-15,24H,1-6H3,(H,31,32)(H,28,29,30)/t24-/m0/s1. The van der Waals surface area contributed by atoms with Crippen LogP contribution in [0.3, 0.4) is 0 Å². The van der Waals surface area contributed by atoms with Crippen molar-refractivity contribution in [1.29, 1.82) is 0 Å². The lowest BCUT2D eigenvalue weighted by Crippen LogP contribution is -2.18. The van der Waals surface area contributed by atoms with Crippen molar-refractivity contribution in [1.82, 2.24) is 9.97 Å². The minimum atomic E-state index is -0.274. The van der Waals surface area contributed by atoms with Crippen molar-refractivity contribution >= 4 is 28.2 Å². The van der Waals surface area contributed by atoms with Gasteiger partial charge in [-0.05, 0) is 68.5 Å². The molecular weight excluding hydrogens is 444 g/mol. The Morgan fingerprint density at radius 2 is 1.62 bits per heavy atom. The first-order valence-electron chi connectivity index (χ1n) is 11.4. The lowest BCUT2D eigenvalue weighted by atomic mass is 9.94. The Bertz CT molecular complexity index is 1270. The quantitative estimate of drug-likeness (QED) is 0.303. The number of thiophene rings is 1. The third-order valence-electron chi connectivity index (χ3n) is 5.88. The van der Waals surface area contributed by atoms with Gasteiger partial charge in [-0.25, -0.2) is 9.97 Å². The number of benzene rings is 1. The predicted molar refractivity (Wildman–Crippen MR) is 138 cm³/mol. The van der Waals surface area contributed by atoms with Crippen molar-refractivity contribution in [3.05, 3.63) is 93.0 Å². The molecule has 176 valence electrons. The first-order chi connectivity index (χ1) is 16.2. The van der Waals surface area contributed by atoms with E-state index in [4.69, 9.17) is 4.42 Å². The lowest BCUT2D eigenvalue weighted by Gasteiger charge is -2.22. The van der Waals surface area contributed by atoms with Crippen molar-refractivity contribution in [2.45, 2.75) is 53.5 Å². The minimum absolute atomic E-state index is 0.251. The Morgan fingerprint density at radius 1 is 0.971 bits per heavy atom. The number of amides is 1. The van der Waals surface area contributed by atoms with Crippen LogP contribution in [-0.4, -0.2) is 15.9 Å². The number of rotatable bonds is 7. The highest BCUT2D eigenvalue weighted by Gasteiger charge is 2.26. The van der Waals surface area contributed by atoms with Gasteiger partial charge in [0, 0.05) is 21.8 Å². The second kappa shape index (κ2) is 9.81. The van der Waals surface area contributed by atoms with Gasteiger partial charge in [-0.2, -0.15) is 0 Å². The third kappa shape index (κ3) is 5.04. The Balaban J connectivity index is 1.80. The highest BCUT2D eigenvalue weighted by Crippen LogP contribution is 2.41. The number of aryl methyl sites for hydroxylation is 3. The number of nitrogens with zero attached hydrogens (tertiary/aromatic N) is 2. The van der Waals surface area contributed by atoms with Crippen LogP contribution in [0.2, 0.25) is 0 Å². The van der Waals surface area contributed by atoms with Gasteiger partial charge in [-0.15, -0.1) is 11.3 Å². The monoisotopic (exact) mass is 474 g/mol. The summed E-state index contributed by atoms with van der Waals surface area (Å²) in [5.41, 5.74) is 6.26. The van der Waals surface area contributed by atoms with E-state index >= 15 is 0 Å². The van der Waals surface area contributed by atoms with Gasteiger partial charge in [-0.3, -0.25) is 4.79 Å². The van der Waals surface area contributed by atoms with Crippen molar-refractivity contribution in [2.24, 2.45) is 0 Å². The number of anilines is 2. The Labute approximate surface area is 204 Å². The third-order valence-corrected chi connectivity index (χ3v) is 7.02. The summed E-state index contributed by atoms with van der Waals surface area (Å²) in [6.07, 6.45) is 1.50. The smallest absolute Gasteiger partial charge is 0.291 e. The molecule has 0 aliphatic carbocycles. The first-order valence-corrected chi connectivity index (χ1v) is 12.2. The maximum absolute atomic E-state index is 12.8. The summed E-state index contributed by atoms with van der Waals surface area (Å²) in [6, 6.07) is 13.7. The van der Waals surface area contributed by atoms with Crippen molar-refractivity contribution in [3.8, 4) is 0 Å². The van der Waals surface area contributed by atoms with Crippen LogP contribution in [-0.2, 0) is 0 Å². The number of aromatic nitrogens is 2. The second-order valence-corrected chi connectivity index (χ2v) is 10.1. The van der Waals surface area contributed by atoms with Crippen LogP contribution in [0, 0.1) is 27.7 Å². The van der Waals surface area contributed by atoms with Gasteiger partial charge in [-0.1, -0.05) is 38.1 Å². The Hall–Kier alpha value is -3.45. The van der Waals surface area contributed by atoms with E-state index in [0.717, 1.165) is 38.0 Å². The average Bonchev–Trinajstić information content (AvgIpc) is 3.41. The van der Waals surface area contributed by atoms with E-state index in [1.165, 1.54) is 11.8 Å². The van der Waals surface area contributed by atoms with E-state index in [-0.39, 0.29) is 17.7 Å². The number of carbonyl (C=O) groups is 1. The zero-order valence-corrected chi connectivity index (χ0v) is 21.2. The molecular formula is C27H30N4O2S. The molecule has 0 saturated carbocycles. The molecule has 0 spiro atoms. The van der Waals surface area contributed by atoms with E-state index < -0.39 is 0 Å². The highest BCUT2D eigenvalue weighted by molar-refractivity contribution is 7.16. The van der Waals surface area contributed by atoms with Gasteiger partial charge >= 0.3 is 0 Å². The number of carbonyl (C=O) groups excluding carboxylic acids is 1. The van der Waals surface area contributed by atoms with Crippen LogP contribution in [0.1, 0.15) is 74.9 Å². The van der Waals surface area contributed by atoms with Gasteiger partial charge in [0.1, 0.15) is 5.00 Å². The van der Waals surface area contributed by atoms with E-state index in [9.17, 15) is 4.79 Å². The van der Waals surface area contributed by atoms with Gasteiger partial charge in [0.05, 0.1) is 12.3 Å². The molecule has 1 aromatic carbocycles. The molecule has 0 saturated heterocycles. The summed E-state index contributed by atoms with van der Waals surface area (Å²) in [4.78, 5) is 23.2. The SMILES string of the molecule is Cc1cc(C)nc(N[C@@H](c2ccc(C(C)C)cc2)c2c(NC(=O)c3ccco3)sc(C)c2C)n1. The minimum Gasteiger partial charge on any atom is -0.459 e. The zero-order chi connectivity index (χ0) is 24.4. The number of furan rings is 1. The van der Waals surface area contributed by atoms with Crippen LogP contribution >= 0.6 is 11.3 Å². The molecule has 4 rings (SSSR count). The van der Waals surface area contributed by atoms with Crippen molar-refractivity contribution < 1.29 is 9.21 Å². The molecule has 1 amide bonds. The molecule has 3 heterocycles. The van der Waals surface area contributed by atoms with E-state index in [1.807, 2.05) is 19.9 Å². The van der Waals surface area contributed by atoms with Crippen LogP contribution < -0.4 is 10.6 Å². The largest absolute Gasteiger partial charge is 0.459 e. The fraction of sp³-hybridized carbons (Fsp3) is 0.296. The fourth-order valence-electron chi connectivity index (χ4n) is 3.97. The molecule has 2 N–H and O–H groups in total. The predicted octanol–water partition coefficient (Wildman–Crippen LogP) is 6.94. The van der Waals surface area contributed by atoms with Crippen LogP contribution in [0.25, 0.3) is 0 Å². The highest BCUT2D eigenvalue weighted by atomic mass is 32.1. The van der Waals surface area contributed by atoms with Gasteiger partial charge in [0.2, 0.25) is 5.95 Å². The molecule has 4 aromatic rings. The molecule has 34 heavy (non-hydrogen) atoms. The van der Waals surface area contributed by atoms with E-state index in [2.05, 4.69) is 72.6 Å². The number of hydrogen-bond acceptors (Lipinski definition) is 6. The molecule has 0 fully saturated rings. The second-order valence-electron chi connectivity index (χ2n) is 8.83. The molecule has 3 aromatic heterocycles. The number of hydrogen-bond donors (Lipinski definition) is 2. The molecule has 7 heteroatoms. The normalized spacial score (nSPS) is 12.1. The van der Waals surface area contributed by atoms with Gasteiger partial charge in [0.25, 0.3) is 5.91 Å². The topological polar surface area (TPSA) is 80.0 Å². The summed E-state index contributed by atoms with van der Waals surface area (Å²) < 4.78 is 5.30. The Morgan fingerprint density at radius 3 is 2.21 bits per heavy atom. The maximum Gasteiger partial charge on any atom is 0.291 e. The van der Waals surface area contributed by atoms with Crippen LogP contribution in [0.15, 0.2) is 53.1 Å². The lowest BCUT2D eigenvalue weighted by molar-refractivity contribution is 0.0997. The summed E-state index contributed by atoms with van der Waals surface area (Å²) in [5, 5.41) is 7.41. The Kier molecular flexibility index (Phi) is 6.84. The zero-order valence-electron chi connectivity index (χ0n) is 20.4. The number of nitrogens with one attached hydrogen (secondary N) is 2. The average molecular weight is 475 g/mol. The van der Waals surface area contributed by atoms with E-state index in [0.29, 0.717) is 11.9 Å². The van der Waals surface area contributed by atoms with Crippen LogP contribution in [0.5, 0.6) is 0 Å². The van der Waals surface area contributed by atoms with Crippen molar-refractivity contribution in [2.75, 3.05) is 10.6 Å². The fourth-order valence-corrected chi connectivity index (χ4v) is 5.07. The van der Waals surface area contributed by atoms with Gasteiger partial charge in [0.15, 0.2) is 5.76 Å². The van der Waals surface area contributed by atoms with E-state index in [1.54, 1.807) is 23.5 Å². The summed E-state index contributed by atoms with van der Waals surface area (Å²) in [6.45, 7) is 12.4. The first kappa shape index (κ1) is 23.7. The van der Waals surface area contributed by atoms with Gasteiger partial charge < -0.3 is 15.1 Å². The molecule has 0 bridgehead atoms. The molecule has 6 nitrogen and oxygen atoms in total. The molecule has 0 aliphatic rings. The molecule has 0 aliphatic heterocycles.